The SMILES string of the molecule is O=C(O)CCc1cc2n(n1)CCCN(Cc1cnc(N3CCOCC3)s1)C2. The summed E-state index contributed by atoms with van der Waals surface area (Å²) in [6, 6.07) is 2.06. The highest BCUT2D eigenvalue weighted by Gasteiger charge is 2.19. The Hall–Kier alpha value is -1.97. The van der Waals surface area contributed by atoms with Crippen LogP contribution in [-0.4, -0.2) is 63.6 Å². The van der Waals surface area contributed by atoms with Crippen molar-refractivity contribution >= 4 is 22.4 Å². The summed E-state index contributed by atoms with van der Waals surface area (Å²) in [6.07, 6.45) is 3.66. The molecule has 0 amide bonds. The number of carbonyl (C=O) groups is 1. The lowest BCUT2D eigenvalue weighted by atomic mass is 10.2. The van der Waals surface area contributed by atoms with Gasteiger partial charge in [0.05, 0.1) is 31.0 Å². The first-order valence-electron chi connectivity index (χ1n) is 9.44. The normalized spacial score (nSPS) is 18.3. The molecule has 1 N–H and O–H groups in total. The molecule has 27 heavy (non-hydrogen) atoms. The van der Waals surface area contributed by atoms with Crippen LogP contribution in [0.3, 0.4) is 0 Å². The monoisotopic (exact) mass is 391 g/mol. The highest BCUT2D eigenvalue weighted by molar-refractivity contribution is 7.15. The molecule has 0 radical (unpaired) electrons. The van der Waals surface area contributed by atoms with Gasteiger partial charge in [-0.3, -0.25) is 14.4 Å². The molecule has 0 spiro atoms. The quantitative estimate of drug-likeness (QED) is 0.801. The van der Waals surface area contributed by atoms with Gasteiger partial charge in [-0.15, -0.1) is 11.3 Å². The van der Waals surface area contributed by atoms with E-state index in [1.165, 1.54) is 10.6 Å². The second-order valence-electron chi connectivity index (χ2n) is 7.02. The minimum Gasteiger partial charge on any atom is -0.481 e. The second kappa shape index (κ2) is 8.37. The molecular weight excluding hydrogens is 366 g/mol. The second-order valence-corrected chi connectivity index (χ2v) is 8.11. The fourth-order valence-corrected chi connectivity index (χ4v) is 4.58. The van der Waals surface area contributed by atoms with E-state index in [2.05, 4.69) is 25.9 Å². The van der Waals surface area contributed by atoms with Gasteiger partial charge in [-0.05, 0) is 12.5 Å². The molecule has 0 aromatic carbocycles. The highest BCUT2D eigenvalue weighted by atomic mass is 32.1. The number of thiazole rings is 1. The molecule has 4 rings (SSSR count). The number of carboxylic acid groups (broad SMARTS) is 1. The Labute approximate surface area is 162 Å². The van der Waals surface area contributed by atoms with Gasteiger partial charge in [0.2, 0.25) is 0 Å². The average molecular weight is 391 g/mol. The first-order valence-corrected chi connectivity index (χ1v) is 10.3. The van der Waals surface area contributed by atoms with Crippen LogP contribution in [0.5, 0.6) is 0 Å². The maximum Gasteiger partial charge on any atom is 0.303 e. The van der Waals surface area contributed by atoms with Gasteiger partial charge < -0.3 is 14.7 Å². The number of morpholine rings is 1. The number of anilines is 1. The molecule has 1 saturated heterocycles. The van der Waals surface area contributed by atoms with E-state index in [-0.39, 0.29) is 6.42 Å². The Morgan fingerprint density at radius 3 is 2.93 bits per heavy atom. The summed E-state index contributed by atoms with van der Waals surface area (Å²) >= 11 is 1.77. The molecule has 0 atom stereocenters. The molecule has 2 aromatic rings. The third kappa shape index (κ3) is 4.66. The van der Waals surface area contributed by atoms with Crippen molar-refractivity contribution in [2.75, 3.05) is 37.7 Å². The maximum absolute atomic E-state index is 10.8. The molecule has 2 aliphatic heterocycles. The van der Waals surface area contributed by atoms with E-state index in [1.807, 2.05) is 10.9 Å². The van der Waals surface area contributed by atoms with Crippen LogP contribution >= 0.6 is 11.3 Å². The maximum atomic E-state index is 10.8. The number of fused-ring (bicyclic) bond motifs is 1. The highest BCUT2D eigenvalue weighted by Crippen LogP contribution is 2.25. The zero-order valence-corrected chi connectivity index (χ0v) is 16.2. The van der Waals surface area contributed by atoms with Crippen LogP contribution in [0, 0.1) is 0 Å². The zero-order valence-electron chi connectivity index (χ0n) is 15.3. The van der Waals surface area contributed by atoms with Gasteiger partial charge in [-0.25, -0.2) is 4.98 Å². The Kier molecular flexibility index (Phi) is 5.70. The summed E-state index contributed by atoms with van der Waals surface area (Å²) < 4.78 is 7.46. The molecule has 4 heterocycles. The minimum absolute atomic E-state index is 0.130. The molecule has 1 fully saturated rings. The van der Waals surface area contributed by atoms with Crippen molar-refractivity contribution in [3.63, 3.8) is 0 Å². The molecule has 0 bridgehead atoms. The van der Waals surface area contributed by atoms with Crippen molar-refractivity contribution in [3.05, 3.63) is 28.5 Å². The lowest BCUT2D eigenvalue weighted by Gasteiger charge is -2.26. The van der Waals surface area contributed by atoms with E-state index in [0.717, 1.165) is 69.7 Å². The minimum atomic E-state index is -0.777. The van der Waals surface area contributed by atoms with Crippen molar-refractivity contribution in [3.8, 4) is 0 Å². The fourth-order valence-electron chi connectivity index (χ4n) is 3.57. The van der Waals surface area contributed by atoms with E-state index < -0.39 is 5.97 Å². The first kappa shape index (κ1) is 18.4. The molecule has 0 unspecified atom stereocenters. The van der Waals surface area contributed by atoms with Crippen molar-refractivity contribution < 1.29 is 14.6 Å². The van der Waals surface area contributed by atoms with Crippen LogP contribution in [0.1, 0.15) is 29.1 Å². The number of carboxylic acids is 1. The van der Waals surface area contributed by atoms with Crippen molar-refractivity contribution in [2.24, 2.45) is 0 Å². The summed E-state index contributed by atoms with van der Waals surface area (Å²) in [5.74, 6) is -0.777. The van der Waals surface area contributed by atoms with Crippen LogP contribution in [0.2, 0.25) is 0 Å². The number of aromatic nitrogens is 3. The number of rotatable bonds is 6. The number of hydrogen-bond donors (Lipinski definition) is 1. The van der Waals surface area contributed by atoms with Crippen molar-refractivity contribution in [1.29, 1.82) is 0 Å². The summed E-state index contributed by atoms with van der Waals surface area (Å²) in [7, 11) is 0. The zero-order chi connectivity index (χ0) is 18.6. The molecule has 0 saturated carbocycles. The predicted molar refractivity (Wildman–Crippen MR) is 102 cm³/mol. The Bertz CT molecular complexity index is 784. The standard InChI is InChI=1S/C18H25N5O3S/c24-17(25)3-2-14-10-15-12-21(4-1-5-23(15)20-14)13-16-11-19-18(27-16)22-6-8-26-9-7-22/h10-11H,1-9,12-13H2,(H,24,25). The smallest absolute Gasteiger partial charge is 0.303 e. The number of hydrogen-bond acceptors (Lipinski definition) is 7. The average Bonchev–Trinajstić information content (AvgIpc) is 3.24. The molecule has 2 aromatic heterocycles. The summed E-state index contributed by atoms with van der Waals surface area (Å²) in [5, 5.41) is 14.5. The van der Waals surface area contributed by atoms with Crippen LogP contribution in [0.15, 0.2) is 12.3 Å². The van der Waals surface area contributed by atoms with E-state index in [9.17, 15) is 4.79 Å². The van der Waals surface area contributed by atoms with Crippen LogP contribution in [0.4, 0.5) is 5.13 Å². The Balaban J connectivity index is 1.38. The number of nitrogens with zero attached hydrogens (tertiary/aromatic N) is 5. The number of ether oxygens (including phenoxy) is 1. The van der Waals surface area contributed by atoms with E-state index in [0.29, 0.717) is 6.42 Å². The lowest BCUT2D eigenvalue weighted by Crippen LogP contribution is -2.36. The Morgan fingerprint density at radius 2 is 2.11 bits per heavy atom. The van der Waals surface area contributed by atoms with Gasteiger partial charge in [0.1, 0.15) is 0 Å². The summed E-state index contributed by atoms with van der Waals surface area (Å²) in [5.41, 5.74) is 2.05. The molecule has 8 nitrogen and oxygen atoms in total. The third-order valence-electron chi connectivity index (χ3n) is 4.94. The van der Waals surface area contributed by atoms with Crippen LogP contribution < -0.4 is 4.90 Å². The van der Waals surface area contributed by atoms with Crippen molar-refractivity contribution in [1.82, 2.24) is 19.7 Å². The summed E-state index contributed by atoms with van der Waals surface area (Å²) in [6.45, 7) is 7.01. The first-order chi connectivity index (χ1) is 13.2. The largest absolute Gasteiger partial charge is 0.481 e. The van der Waals surface area contributed by atoms with Crippen LogP contribution in [0.25, 0.3) is 0 Å². The van der Waals surface area contributed by atoms with Gasteiger partial charge in [0.25, 0.3) is 0 Å². The van der Waals surface area contributed by atoms with Crippen LogP contribution in [-0.2, 0) is 35.6 Å². The van der Waals surface area contributed by atoms with E-state index in [1.54, 1.807) is 11.3 Å². The Morgan fingerprint density at radius 1 is 1.26 bits per heavy atom. The lowest BCUT2D eigenvalue weighted by molar-refractivity contribution is -0.136. The molecule has 2 aliphatic rings. The molecule has 0 aliphatic carbocycles. The number of aryl methyl sites for hydroxylation is 2. The molecule has 146 valence electrons. The van der Waals surface area contributed by atoms with Gasteiger partial charge in [0.15, 0.2) is 5.13 Å². The van der Waals surface area contributed by atoms with Gasteiger partial charge in [-0.1, -0.05) is 0 Å². The van der Waals surface area contributed by atoms with Gasteiger partial charge >= 0.3 is 5.97 Å². The fraction of sp³-hybridized carbons (Fsp3) is 0.611. The summed E-state index contributed by atoms with van der Waals surface area (Å²) in [4.78, 5) is 21.4. The molecular formula is C18H25N5O3S. The van der Waals surface area contributed by atoms with Gasteiger partial charge in [0, 0.05) is 56.8 Å². The topological polar surface area (TPSA) is 83.7 Å². The molecule has 9 heteroatoms. The third-order valence-corrected chi connectivity index (χ3v) is 5.98. The van der Waals surface area contributed by atoms with E-state index >= 15 is 0 Å². The number of aliphatic carboxylic acids is 1. The van der Waals surface area contributed by atoms with Crippen molar-refractivity contribution in [2.45, 2.75) is 38.9 Å². The van der Waals surface area contributed by atoms with Gasteiger partial charge in [-0.2, -0.15) is 5.10 Å². The predicted octanol–water partition coefficient (Wildman–Crippen LogP) is 1.60. The van der Waals surface area contributed by atoms with E-state index in [4.69, 9.17) is 9.84 Å².